The molecule has 1 N–H and O–H groups in total. The zero-order valence-corrected chi connectivity index (χ0v) is 12.9. The molecule has 8 heteroatoms. The molecule has 1 amide bonds. The number of rotatable bonds is 2. The third kappa shape index (κ3) is 4.06. The lowest BCUT2D eigenvalue weighted by molar-refractivity contribution is 0.0240. The Morgan fingerprint density at radius 1 is 1.14 bits per heavy atom. The number of amides is 1. The summed E-state index contributed by atoms with van der Waals surface area (Å²) in [6.45, 7) is 7.75. The fraction of sp³-hybridized carbons (Fsp3) is 0.571. The Kier molecular flexibility index (Phi) is 4.48. The fourth-order valence-corrected chi connectivity index (χ4v) is 2.04. The highest BCUT2D eigenvalue weighted by Gasteiger charge is 2.26. The molecule has 1 fully saturated rings. The summed E-state index contributed by atoms with van der Waals surface area (Å²) in [5, 5.41) is 8.80. The summed E-state index contributed by atoms with van der Waals surface area (Å²) in [7, 11) is 0. The highest BCUT2D eigenvalue weighted by molar-refractivity contribution is 5.84. The van der Waals surface area contributed by atoms with Gasteiger partial charge in [-0.25, -0.2) is 19.6 Å². The summed E-state index contributed by atoms with van der Waals surface area (Å²) in [6, 6.07) is 0. The summed E-state index contributed by atoms with van der Waals surface area (Å²) < 4.78 is 5.34. The number of nitrogens with zero attached hydrogens (tertiary/aromatic N) is 4. The average molecular weight is 308 g/mol. The Labute approximate surface area is 128 Å². The van der Waals surface area contributed by atoms with Crippen LogP contribution < -0.4 is 4.90 Å². The van der Waals surface area contributed by atoms with Gasteiger partial charge >= 0.3 is 12.1 Å². The smallest absolute Gasteiger partial charge is 0.410 e. The second-order valence-electron chi connectivity index (χ2n) is 6.02. The Hall–Kier alpha value is -2.38. The van der Waals surface area contributed by atoms with E-state index in [4.69, 9.17) is 9.84 Å². The van der Waals surface area contributed by atoms with E-state index in [9.17, 15) is 9.59 Å². The summed E-state index contributed by atoms with van der Waals surface area (Å²) in [5.41, 5.74) is -0.594. The molecule has 0 radical (unpaired) electrons. The average Bonchev–Trinajstić information content (AvgIpc) is 2.46. The van der Waals surface area contributed by atoms with Crippen molar-refractivity contribution in [3.05, 3.63) is 18.1 Å². The van der Waals surface area contributed by atoms with Crippen molar-refractivity contribution in [1.82, 2.24) is 14.9 Å². The van der Waals surface area contributed by atoms with Crippen LogP contribution in [0.3, 0.4) is 0 Å². The van der Waals surface area contributed by atoms with Crippen molar-refractivity contribution in [2.45, 2.75) is 26.4 Å². The second-order valence-corrected chi connectivity index (χ2v) is 6.02. The minimum absolute atomic E-state index is 0.0869. The standard InChI is InChI=1S/C14H20N4O4/c1-14(2,3)22-13(21)18-6-4-17(5-7-18)11-9-15-10(8-16-11)12(19)20/h8-9H,4-7H2,1-3H3,(H,19,20). The number of carboxylic acid groups (broad SMARTS) is 1. The summed E-state index contributed by atoms with van der Waals surface area (Å²) in [6.07, 6.45) is 2.35. The highest BCUT2D eigenvalue weighted by Crippen LogP contribution is 2.15. The van der Waals surface area contributed by atoms with Crippen LogP contribution in [0.1, 0.15) is 31.3 Å². The maximum absolute atomic E-state index is 12.0. The topological polar surface area (TPSA) is 95.9 Å². The number of carboxylic acids is 1. The lowest BCUT2D eigenvalue weighted by atomic mass is 10.2. The zero-order chi connectivity index (χ0) is 16.3. The number of piperazine rings is 1. The number of carbonyl (C=O) groups is 2. The van der Waals surface area contributed by atoms with Crippen molar-refractivity contribution < 1.29 is 19.4 Å². The molecule has 0 aromatic carbocycles. The van der Waals surface area contributed by atoms with Gasteiger partial charge in [0.2, 0.25) is 0 Å². The quantitative estimate of drug-likeness (QED) is 0.877. The van der Waals surface area contributed by atoms with Crippen molar-refractivity contribution in [2.75, 3.05) is 31.1 Å². The van der Waals surface area contributed by atoms with E-state index in [1.807, 2.05) is 25.7 Å². The lowest BCUT2D eigenvalue weighted by Crippen LogP contribution is -2.50. The largest absolute Gasteiger partial charge is 0.476 e. The minimum Gasteiger partial charge on any atom is -0.476 e. The van der Waals surface area contributed by atoms with Crippen LogP contribution in [-0.4, -0.2) is 63.8 Å². The SMILES string of the molecule is CC(C)(C)OC(=O)N1CCN(c2cnc(C(=O)O)cn2)CC1. The first-order chi connectivity index (χ1) is 10.3. The van der Waals surface area contributed by atoms with Crippen molar-refractivity contribution in [3.63, 3.8) is 0 Å². The first-order valence-corrected chi connectivity index (χ1v) is 7.04. The molecular formula is C14H20N4O4. The minimum atomic E-state index is -1.10. The predicted octanol–water partition coefficient (Wildman–Crippen LogP) is 1.23. The molecule has 0 unspecified atom stereocenters. The number of hydrogen-bond donors (Lipinski definition) is 1. The Balaban J connectivity index is 1.91. The maximum atomic E-state index is 12.0. The maximum Gasteiger partial charge on any atom is 0.410 e. The van der Waals surface area contributed by atoms with Gasteiger partial charge < -0.3 is 19.6 Å². The Morgan fingerprint density at radius 3 is 2.23 bits per heavy atom. The van der Waals surface area contributed by atoms with Gasteiger partial charge in [-0.2, -0.15) is 0 Å². The molecule has 1 aliphatic rings. The first-order valence-electron chi connectivity index (χ1n) is 7.04. The van der Waals surface area contributed by atoms with Crippen LogP contribution in [0.2, 0.25) is 0 Å². The molecule has 22 heavy (non-hydrogen) atoms. The third-order valence-corrected chi connectivity index (χ3v) is 3.11. The summed E-state index contributed by atoms with van der Waals surface area (Å²) in [5.74, 6) is -0.498. The molecule has 0 saturated carbocycles. The molecule has 1 saturated heterocycles. The van der Waals surface area contributed by atoms with Crippen molar-refractivity contribution in [1.29, 1.82) is 0 Å². The normalized spacial score (nSPS) is 15.6. The van der Waals surface area contributed by atoms with E-state index in [-0.39, 0.29) is 11.8 Å². The van der Waals surface area contributed by atoms with Gasteiger partial charge in [-0.15, -0.1) is 0 Å². The van der Waals surface area contributed by atoms with Crippen molar-refractivity contribution >= 4 is 17.9 Å². The van der Waals surface area contributed by atoms with Gasteiger partial charge in [-0.05, 0) is 20.8 Å². The van der Waals surface area contributed by atoms with Gasteiger partial charge in [0.05, 0.1) is 12.4 Å². The van der Waals surface area contributed by atoms with Crippen molar-refractivity contribution in [2.24, 2.45) is 0 Å². The molecular weight excluding hydrogens is 288 g/mol. The van der Waals surface area contributed by atoms with E-state index in [2.05, 4.69) is 9.97 Å². The molecule has 2 rings (SSSR count). The third-order valence-electron chi connectivity index (χ3n) is 3.11. The van der Waals surface area contributed by atoms with Crippen LogP contribution in [-0.2, 0) is 4.74 Å². The number of ether oxygens (including phenoxy) is 1. The molecule has 2 heterocycles. The van der Waals surface area contributed by atoms with Crippen LogP contribution in [0.25, 0.3) is 0 Å². The number of aromatic carboxylic acids is 1. The number of aromatic nitrogens is 2. The number of anilines is 1. The predicted molar refractivity (Wildman–Crippen MR) is 79.0 cm³/mol. The fourth-order valence-electron chi connectivity index (χ4n) is 2.04. The molecule has 1 aromatic heterocycles. The van der Waals surface area contributed by atoms with Gasteiger partial charge in [0.25, 0.3) is 0 Å². The molecule has 120 valence electrons. The molecule has 0 bridgehead atoms. The van der Waals surface area contributed by atoms with Crippen molar-refractivity contribution in [3.8, 4) is 0 Å². The molecule has 0 spiro atoms. The van der Waals surface area contributed by atoms with Crippen LogP contribution in [0.4, 0.5) is 10.6 Å². The van der Waals surface area contributed by atoms with E-state index in [1.54, 1.807) is 4.90 Å². The van der Waals surface area contributed by atoms with Crippen LogP contribution in [0.15, 0.2) is 12.4 Å². The summed E-state index contributed by atoms with van der Waals surface area (Å²) >= 11 is 0. The molecule has 1 aliphatic heterocycles. The van der Waals surface area contributed by atoms with E-state index in [1.165, 1.54) is 12.4 Å². The lowest BCUT2D eigenvalue weighted by Gasteiger charge is -2.36. The Bertz CT molecular complexity index is 545. The van der Waals surface area contributed by atoms with E-state index >= 15 is 0 Å². The second kappa shape index (κ2) is 6.17. The van der Waals surface area contributed by atoms with E-state index in [0.717, 1.165) is 0 Å². The molecule has 0 aliphatic carbocycles. The number of hydrogen-bond acceptors (Lipinski definition) is 6. The molecule has 1 aromatic rings. The number of carbonyl (C=O) groups excluding carboxylic acids is 1. The van der Waals surface area contributed by atoms with Gasteiger partial charge in [-0.3, -0.25) is 0 Å². The van der Waals surface area contributed by atoms with Gasteiger partial charge in [0.1, 0.15) is 11.4 Å². The molecule has 8 nitrogen and oxygen atoms in total. The van der Waals surface area contributed by atoms with Gasteiger partial charge in [-0.1, -0.05) is 0 Å². The van der Waals surface area contributed by atoms with Crippen LogP contribution >= 0.6 is 0 Å². The zero-order valence-electron chi connectivity index (χ0n) is 12.9. The van der Waals surface area contributed by atoms with E-state index < -0.39 is 11.6 Å². The Morgan fingerprint density at radius 2 is 1.77 bits per heavy atom. The molecule has 0 atom stereocenters. The van der Waals surface area contributed by atoms with Crippen LogP contribution in [0.5, 0.6) is 0 Å². The highest BCUT2D eigenvalue weighted by atomic mass is 16.6. The van der Waals surface area contributed by atoms with Gasteiger partial charge in [0, 0.05) is 26.2 Å². The van der Waals surface area contributed by atoms with Gasteiger partial charge in [0.15, 0.2) is 5.69 Å². The monoisotopic (exact) mass is 308 g/mol. The van der Waals surface area contributed by atoms with Crippen LogP contribution in [0, 0.1) is 0 Å². The summed E-state index contributed by atoms with van der Waals surface area (Å²) in [4.78, 5) is 34.3. The van der Waals surface area contributed by atoms with E-state index in [0.29, 0.717) is 32.0 Å². The first kappa shape index (κ1) is 16.0.